The Morgan fingerprint density at radius 1 is 0.455 bits per heavy atom. The summed E-state index contributed by atoms with van der Waals surface area (Å²) in [4.78, 5) is 209. The zero-order valence-corrected chi connectivity index (χ0v) is 64.7. The van der Waals surface area contributed by atoms with Crippen molar-refractivity contribution in [2.24, 2.45) is 58.1 Å². The lowest BCUT2D eigenvalue weighted by atomic mass is 9.49. The number of aliphatic hydroxyl groups is 2. The highest BCUT2D eigenvalue weighted by Crippen LogP contribution is 2.61. The van der Waals surface area contributed by atoms with Crippen LogP contribution in [0.2, 0.25) is 0 Å². The summed E-state index contributed by atoms with van der Waals surface area (Å²) < 4.78 is 0. The van der Waals surface area contributed by atoms with Crippen LogP contribution in [0.15, 0.2) is 60.8 Å². The number of carbonyl (C=O) groups is 15. The molecule has 112 heavy (non-hydrogen) atoms. The number of carbonyl (C=O) groups excluding carboxylic acids is 13. The van der Waals surface area contributed by atoms with Crippen LogP contribution in [-0.4, -0.2) is 226 Å². The monoisotopic (exact) mass is 1570 g/mol. The third-order valence-corrected chi connectivity index (χ3v) is 21.0. The number of aliphatic hydroxyl groups excluding tert-OH is 2. The zero-order valence-electron chi connectivity index (χ0n) is 64.7. The number of hydrogen-bond donors (Lipinski definition) is 21. The molecule has 4 saturated carbocycles. The minimum atomic E-state index is -1.87. The number of aromatic amines is 1. The van der Waals surface area contributed by atoms with Crippen molar-refractivity contribution in [2.75, 3.05) is 39.4 Å². The van der Waals surface area contributed by atoms with Gasteiger partial charge in [0.05, 0.1) is 19.8 Å². The minimum Gasteiger partial charge on any atom is -0.481 e. The molecule has 36 nitrogen and oxygen atoms in total. The highest BCUT2D eigenvalue weighted by atomic mass is 16.4. The van der Waals surface area contributed by atoms with Crippen LogP contribution in [0.3, 0.4) is 0 Å². The first-order valence-corrected chi connectivity index (χ1v) is 38.4. The second kappa shape index (κ2) is 43.6. The predicted octanol–water partition coefficient (Wildman–Crippen LogP) is -3.15. The predicted molar refractivity (Wildman–Crippen MR) is 408 cm³/mol. The van der Waals surface area contributed by atoms with Gasteiger partial charge in [0.2, 0.25) is 76.8 Å². The van der Waals surface area contributed by atoms with Crippen molar-refractivity contribution >= 4 is 99.6 Å². The number of aromatic nitrogens is 1. The van der Waals surface area contributed by atoms with Gasteiger partial charge in [-0.05, 0) is 149 Å². The lowest BCUT2D eigenvalue weighted by Gasteiger charge is -2.56. The van der Waals surface area contributed by atoms with Crippen molar-refractivity contribution in [3.05, 3.63) is 71.9 Å². The Hall–Kier alpha value is -10.2. The number of carboxylic acid groups (broad SMARTS) is 2. The number of rotatable bonds is 47. The average Bonchev–Trinajstić information content (AvgIpc) is 0.923. The van der Waals surface area contributed by atoms with Crippen LogP contribution >= 0.6 is 0 Å². The molecule has 4 aliphatic rings. The van der Waals surface area contributed by atoms with E-state index < -0.39 is 200 Å². The van der Waals surface area contributed by atoms with E-state index in [1.54, 1.807) is 102 Å². The molecule has 0 spiro atoms. The van der Waals surface area contributed by atoms with Crippen LogP contribution < -0.4 is 86.3 Å². The van der Waals surface area contributed by atoms with Crippen LogP contribution in [0.4, 0.5) is 0 Å². The van der Waals surface area contributed by atoms with E-state index in [-0.39, 0.29) is 69.0 Å². The number of nitrogens with one attached hydrogen (secondary N) is 14. The summed E-state index contributed by atoms with van der Waals surface area (Å²) in [6.45, 7) is 7.75. The van der Waals surface area contributed by atoms with Crippen molar-refractivity contribution in [1.82, 2.24) is 74.1 Å². The molecule has 0 aliphatic heterocycles. The summed E-state index contributed by atoms with van der Waals surface area (Å²) in [6.07, 6.45) is 6.35. The van der Waals surface area contributed by atoms with Gasteiger partial charge in [-0.3, -0.25) is 71.9 Å². The smallest absolute Gasteiger partial charge is 0.325 e. The summed E-state index contributed by atoms with van der Waals surface area (Å²) in [6, 6.07) is -2.86. The van der Waals surface area contributed by atoms with Crippen LogP contribution in [0.5, 0.6) is 0 Å². The molecule has 36 heteroatoms. The molecule has 0 radical (unpaired) electrons. The number of aliphatic carboxylic acids is 2. The first kappa shape index (κ1) is 90.7. The Morgan fingerprint density at radius 3 is 1.37 bits per heavy atom. The molecule has 2 aromatic carbocycles. The van der Waals surface area contributed by atoms with E-state index in [0.717, 1.165) is 19.3 Å². The molecule has 13 amide bonds. The number of hydrogen-bond acceptors (Lipinski definition) is 20. The van der Waals surface area contributed by atoms with E-state index in [0.29, 0.717) is 52.6 Å². The second-order valence-electron chi connectivity index (χ2n) is 30.6. The molecule has 7 rings (SSSR count). The lowest BCUT2D eigenvalue weighted by Crippen LogP contribution is -2.62. The van der Waals surface area contributed by atoms with E-state index >= 15 is 0 Å². The quantitative estimate of drug-likeness (QED) is 0.0266. The highest BCUT2D eigenvalue weighted by Gasteiger charge is 2.52. The molecule has 3 aromatic rings. The first-order chi connectivity index (χ1) is 53.1. The fourth-order valence-corrected chi connectivity index (χ4v) is 15.2. The highest BCUT2D eigenvalue weighted by molar-refractivity contribution is 6.00. The maximum atomic E-state index is 14.5. The van der Waals surface area contributed by atoms with E-state index in [1.165, 1.54) is 26.2 Å². The second-order valence-corrected chi connectivity index (χ2v) is 30.6. The van der Waals surface area contributed by atoms with Gasteiger partial charge in [-0.15, -0.1) is 0 Å². The van der Waals surface area contributed by atoms with Gasteiger partial charge in [-0.2, -0.15) is 0 Å². The maximum absolute atomic E-state index is 14.5. The Kier molecular flexibility index (Phi) is 35.3. The normalized spacial score (nSPS) is 19.6. The van der Waals surface area contributed by atoms with Gasteiger partial charge in [0.15, 0.2) is 0 Å². The Morgan fingerprint density at radius 2 is 0.866 bits per heavy atom. The maximum Gasteiger partial charge on any atom is 0.325 e. The van der Waals surface area contributed by atoms with E-state index in [1.807, 2.05) is 0 Å². The molecular weight excluding hydrogens is 1450 g/mol. The molecule has 0 saturated heterocycles. The summed E-state index contributed by atoms with van der Waals surface area (Å²) in [7, 11) is 0. The molecule has 4 bridgehead atoms. The lowest BCUT2D eigenvalue weighted by molar-refractivity contribution is -0.142. The number of benzene rings is 2. The fraction of sp³-hybridized carbons (Fsp3) is 0.618. The van der Waals surface area contributed by atoms with Crippen LogP contribution in [0, 0.1) is 40.9 Å². The number of para-hydroxylation sites is 1. The zero-order chi connectivity index (χ0) is 82.7. The number of nitrogens with two attached hydrogens (primary N) is 3. The van der Waals surface area contributed by atoms with Crippen LogP contribution in [0.25, 0.3) is 10.9 Å². The van der Waals surface area contributed by atoms with E-state index in [4.69, 9.17) is 17.2 Å². The molecule has 1 heterocycles. The van der Waals surface area contributed by atoms with Gasteiger partial charge < -0.3 is 112 Å². The summed E-state index contributed by atoms with van der Waals surface area (Å²) in [5, 5.41) is 73.6. The van der Waals surface area contributed by atoms with E-state index in [2.05, 4.69) is 74.1 Å². The van der Waals surface area contributed by atoms with Crippen molar-refractivity contribution < 1.29 is 92.3 Å². The molecule has 4 aliphatic carbocycles. The SMILES string of the molecule is CC[C@H](C)[C@@H](NC(=O)[C@@H](NC(=O)[C@H](CCC(=O)O)NC(=O)[C@H](Cc1ccccc1)NC(=O)[C@@H](CCN)NC(=O)[C@H](CCN)NC(=O)[C@H](CO)NC(=O)[C@@H](Cc1c[nH]c2ccccc12)NC(=O)[C@@H](CO)NC(=O)CNC(=O)[C@@H](CCN)NC(=O)[C@H](NC(=O)CC12CC3CC(CC(C3)C1)C2)C(C)C)C(C)C)C(=O)N[C@@H](C)C(=O)O. The van der Waals surface area contributed by atoms with E-state index in [9.17, 15) is 92.3 Å². The number of carboxylic acids is 2. The molecule has 1 aromatic heterocycles. The standard InChI is InChI=1S/C76H115N17O19/c1-8-41(6)63(74(110)82-42(7)75(111)112)93-73(109)62(40(4)5)92-67(103)50(18-19-60(98)99)84-68(104)54(29-43-14-10-9-11-15-43)88-66(102)53(22-25-79)85-65(101)52(21-24-78)86-71(107)57(38-95)90-69(105)55(30-47-35-80-49-17-13-12-16-48(47)49)89-70(106)56(37-94)83-59(97)36-81-64(100)51(20-23-77)87-72(108)61(39(2)3)91-58(96)34-76-31-44-26-45(32-76)28-46(27-44)33-76/h9-17,35,39-42,44-46,50-57,61-63,80,94-95H,8,18-34,36-38,77-79H2,1-7H3,(H,81,100)(H,82,110)(H,83,97)(H,84,104)(H,85,101)(H,86,107)(H,87,108)(H,88,102)(H,89,106)(H,90,105)(H,91,96)(H,92,103)(H,93,109)(H,98,99)(H,111,112)/t41-,42-,44?,45?,46?,50-,51+,52-,53+,54-,55+,56+,57-,61+,62-,63+,76?/m0/s1. The Bertz CT molecular complexity index is 3750. The largest absolute Gasteiger partial charge is 0.481 e. The van der Waals surface area contributed by atoms with Crippen molar-refractivity contribution in [3.8, 4) is 0 Å². The molecule has 24 N–H and O–H groups in total. The third kappa shape index (κ3) is 26.8. The van der Waals surface area contributed by atoms with Gasteiger partial charge >= 0.3 is 11.9 Å². The van der Waals surface area contributed by atoms with Crippen molar-refractivity contribution in [2.45, 2.75) is 217 Å². The first-order valence-electron chi connectivity index (χ1n) is 38.4. The van der Waals surface area contributed by atoms with Gasteiger partial charge in [0, 0.05) is 42.8 Å². The minimum absolute atomic E-state index is 0.0634. The average molecular weight is 1570 g/mol. The number of amides is 13. The van der Waals surface area contributed by atoms with Crippen molar-refractivity contribution in [3.63, 3.8) is 0 Å². The number of fused-ring (bicyclic) bond motifs is 1. The molecule has 13 atom stereocenters. The van der Waals surface area contributed by atoms with Gasteiger partial charge in [0.1, 0.15) is 72.5 Å². The molecule has 0 unspecified atom stereocenters. The Balaban J connectivity index is 1.11. The van der Waals surface area contributed by atoms with Gasteiger partial charge in [-0.1, -0.05) is 96.5 Å². The van der Waals surface area contributed by atoms with Gasteiger partial charge in [-0.25, -0.2) is 0 Å². The van der Waals surface area contributed by atoms with Crippen LogP contribution in [-0.2, 0) is 84.8 Å². The number of H-pyrrole nitrogens is 1. The van der Waals surface area contributed by atoms with Crippen molar-refractivity contribution in [1.29, 1.82) is 0 Å². The summed E-state index contributed by atoms with van der Waals surface area (Å²) in [5.41, 5.74) is 19.2. The topological polar surface area (TPSA) is 587 Å². The molecule has 4 fully saturated rings. The molecule has 618 valence electrons. The third-order valence-electron chi connectivity index (χ3n) is 21.0. The summed E-state index contributed by atoms with van der Waals surface area (Å²) in [5.74, 6) is -14.3. The van der Waals surface area contributed by atoms with Crippen LogP contribution in [0.1, 0.15) is 143 Å². The van der Waals surface area contributed by atoms with Gasteiger partial charge in [0.25, 0.3) is 0 Å². The fourth-order valence-electron chi connectivity index (χ4n) is 15.2. The molecular formula is C76H115N17O19. The Labute approximate surface area is 650 Å². The summed E-state index contributed by atoms with van der Waals surface area (Å²) >= 11 is 0.